The third-order valence-corrected chi connectivity index (χ3v) is 6.42. The molecule has 1 saturated heterocycles. The first-order valence-corrected chi connectivity index (χ1v) is 14.2. The van der Waals surface area contributed by atoms with Gasteiger partial charge in [-0.2, -0.15) is 0 Å². The van der Waals surface area contributed by atoms with Gasteiger partial charge in [0.25, 0.3) is 0 Å². The van der Waals surface area contributed by atoms with E-state index in [9.17, 15) is 19.2 Å². The molecule has 0 spiro atoms. The Kier molecular flexibility index (Phi) is 13.7. The molecule has 1 aromatic rings. The molecule has 1 unspecified atom stereocenters. The highest BCUT2D eigenvalue weighted by atomic mass is 16.6. The van der Waals surface area contributed by atoms with Gasteiger partial charge in [-0.15, -0.1) is 0 Å². The first kappa shape index (κ1) is 34.2. The highest BCUT2D eigenvalue weighted by Gasteiger charge is 2.33. The Balaban J connectivity index is 2.21. The lowest BCUT2D eigenvalue weighted by atomic mass is 9.98. The molecule has 0 radical (unpaired) electrons. The number of amides is 1. The fourth-order valence-corrected chi connectivity index (χ4v) is 4.04. The Morgan fingerprint density at radius 3 is 2.20 bits per heavy atom. The van der Waals surface area contributed by atoms with E-state index in [1.165, 1.54) is 0 Å². The SMILES string of the molecule is CC(C)(C)OC(=O)C(CC(=O)OCc1ccccc1)N1CCNCCN(C=O)CCN(COC(=O)C(C)(C)C)CC1. The van der Waals surface area contributed by atoms with Crippen LogP contribution in [0.15, 0.2) is 30.3 Å². The fraction of sp³-hybridized carbons (Fsp3) is 0.667. The Morgan fingerprint density at radius 2 is 1.56 bits per heavy atom. The van der Waals surface area contributed by atoms with E-state index in [4.69, 9.17) is 14.2 Å². The van der Waals surface area contributed by atoms with Gasteiger partial charge >= 0.3 is 17.9 Å². The smallest absolute Gasteiger partial charge is 0.324 e. The van der Waals surface area contributed by atoms with Gasteiger partial charge in [0.15, 0.2) is 0 Å². The molecule has 1 fully saturated rings. The molecular formula is C30H48N4O7. The molecule has 1 aromatic carbocycles. The van der Waals surface area contributed by atoms with Crippen molar-refractivity contribution in [1.82, 2.24) is 20.0 Å². The van der Waals surface area contributed by atoms with Gasteiger partial charge in [0.1, 0.15) is 25.0 Å². The summed E-state index contributed by atoms with van der Waals surface area (Å²) < 4.78 is 16.8. The van der Waals surface area contributed by atoms with Crippen LogP contribution < -0.4 is 5.32 Å². The number of rotatable bonds is 9. The van der Waals surface area contributed by atoms with Gasteiger partial charge in [-0.05, 0) is 47.1 Å². The third kappa shape index (κ3) is 13.5. The van der Waals surface area contributed by atoms with Gasteiger partial charge < -0.3 is 24.4 Å². The van der Waals surface area contributed by atoms with Crippen LogP contribution in [0.5, 0.6) is 0 Å². The molecule has 11 heteroatoms. The minimum Gasteiger partial charge on any atom is -0.461 e. The van der Waals surface area contributed by atoms with E-state index >= 15 is 0 Å². The number of esters is 3. The number of hydrogen-bond donors (Lipinski definition) is 1. The molecule has 1 aliphatic rings. The summed E-state index contributed by atoms with van der Waals surface area (Å²) >= 11 is 0. The summed E-state index contributed by atoms with van der Waals surface area (Å²) in [4.78, 5) is 55.9. The van der Waals surface area contributed by atoms with Crippen molar-refractivity contribution >= 4 is 24.3 Å². The average molecular weight is 577 g/mol. The van der Waals surface area contributed by atoms with Crippen LogP contribution in [0.25, 0.3) is 0 Å². The highest BCUT2D eigenvalue weighted by Crippen LogP contribution is 2.17. The maximum atomic E-state index is 13.4. The van der Waals surface area contributed by atoms with Gasteiger partial charge in [0.2, 0.25) is 6.41 Å². The molecule has 2 rings (SSSR count). The normalized spacial score (nSPS) is 17.5. The van der Waals surface area contributed by atoms with Gasteiger partial charge in [0, 0.05) is 52.4 Å². The number of hydrogen-bond acceptors (Lipinski definition) is 10. The molecule has 0 aromatic heterocycles. The Labute approximate surface area is 244 Å². The van der Waals surface area contributed by atoms with Crippen LogP contribution >= 0.6 is 0 Å². The van der Waals surface area contributed by atoms with Crippen LogP contribution in [0.3, 0.4) is 0 Å². The van der Waals surface area contributed by atoms with Crippen LogP contribution in [-0.2, 0) is 40.0 Å². The first-order valence-electron chi connectivity index (χ1n) is 14.2. The number of ether oxygens (including phenoxy) is 3. The zero-order valence-corrected chi connectivity index (χ0v) is 25.5. The van der Waals surface area contributed by atoms with Crippen LogP contribution in [0.2, 0.25) is 0 Å². The third-order valence-electron chi connectivity index (χ3n) is 6.42. The quantitative estimate of drug-likeness (QED) is 0.266. The van der Waals surface area contributed by atoms with E-state index in [1.54, 1.807) is 46.4 Å². The lowest BCUT2D eigenvalue weighted by molar-refractivity contribution is -0.166. The molecular weight excluding hydrogens is 528 g/mol. The van der Waals surface area contributed by atoms with Gasteiger partial charge in [-0.1, -0.05) is 30.3 Å². The van der Waals surface area contributed by atoms with Gasteiger partial charge in [-0.25, -0.2) is 0 Å². The molecule has 1 amide bonds. The predicted octanol–water partition coefficient (Wildman–Crippen LogP) is 2.04. The number of nitrogens with zero attached hydrogens (tertiary/aromatic N) is 3. The highest BCUT2D eigenvalue weighted by molar-refractivity contribution is 5.83. The monoisotopic (exact) mass is 576 g/mol. The Morgan fingerprint density at radius 1 is 0.902 bits per heavy atom. The largest absolute Gasteiger partial charge is 0.461 e. The van der Waals surface area contributed by atoms with E-state index < -0.39 is 29.0 Å². The standard InChI is InChI=1S/C30H48N4O7/c1-29(2,3)28(38)40-23-33-17-16-32(22-35)14-12-31-13-15-34(19-18-33)25(27(37)41-30(4,5)6)20-26(36)39-21-24-10-8-7-9-11-24/h7-11,22,25,31H,12-21,23H2,1-6H3. The molecule has 1 N–H and O–H groups in total. The van der Waals surface area contributed by atoms with Crippen molar-refractivity contribution in [2.75, 3.05) is 59.1 Å². The van der Waals surface area contributed by atoms with Crippen LogP contribution in [0.1, 0.15) is 53.5 Å². The lowest BCUT2D eigenvalue weighted by Crippen LogP contribution is -2.52. The van der Waals surface area contributed by atoms with E-state index in [-0.39, 0.29) is 25.7 Å². The van der Waals surface area contributed by atoms with E-state index in [0.29, 0.717) is 52.4 Å². The Hall–Kier alpha value is -3.02. The van der Waals surface area contributed by atoms with Crippen LogP contribution in [-0.4, -0.2) is 110 Å². The Bertz CT molecular complexity index is 975. The van der Waals surface area contributed by atoms with Crippen molar-refractivity contribution in [1.29, 1.82) is 0 Å². The number of carbonyl (C=O) groups is 4. The summed E-state index contributed by atoms with van der Waals surface area (Å²) in [6.07, 6.45) is 0.651. The van der Waals surface area contributed by atoms with Crippen LogP contribution in [0, 0.1) is 5.41 Å². The summed E-state index contributed by atoms with van der Waals surface area (Å²) in [5, 5.41) is 3.31. The molecule has 11 nitrogen and oxygen atoms in total. The van der Waals surface area contributed by atoms with E-state index in [0.717, 1.165) is 12.0 Å². The van der Waals surface area contributed by atoms with Crippen molar-refractivity contribution in [3.63, 3.8) is 0 Å². The van der Waals surface area contributed by atoms with Crippen molar-refractivity contribution < 1.29 is 33.4 Å². The average Bonchev–Trinajstić information content (AvgIpc) is 2.89. The molecule has 230 valence electrons. The summed E-state index contributed by atoms with van der Waals surface area (Å²) in [6, 6.07) is 8.50. The summed E-state index contributed by atoms with van der Waals surface area (Å²) in [5.74, 6) is -1.33. The molecule has 0 saturated carbocycles. The summed E-state index contributed by atoms with van der Waals surface area (Å²) in [5.41, 5.74) is -0.532. The lowest BCUT2D eigenvalue weighted by Gasteiger charge is -2.35. The molecule has 1 heterocycles. The molecule has 1 atom stereocenters. The van der Waals surface area contributed by atoms with Crippen molar-refractivity contribution in [2.45, 2.75) is 66.2 Å². The first-order chi connectivity index (χ1) is 19.3. The summed E-state index contributed by atoms with van der Waals surface area (Å²) in [7, 11) is 0. The van der Waals surface area contributed by atoms with Gasteiger partial charge in [0.05, 0.1) is 11.8 Å². The topological polar surface area (TPSA) is 118 Å². The second-order valence-electron chi connectivity index (χ2n) is 12.3. The molecule has 0 bridgehead atoms. The minimum absolute atomic E-state index is 0.0467. The maximum absolute atomic E-state index is 13.4. The molecule has 41 heavy (non-hydrogen) atoms. The molecule has 1 aliphatic heterocycles. The number of carbonyl (C=O) groups excluding carboxylic acids is 4. The minimum atomic E-state index is -0.868. The summed E-state index contributed by atoms with van der Waals surface area (Å²) in [6.45, 7) is 14.7. The fourth-order valence-electron chi connectivity index (χ4n) is 4.04. The number of nitrogens with one attached hydrogen (secondary N) is 1. The van der Waals surface area contributed by atoms with E-state index in [2.05, 4.69) is 5.32 Å². The molecule has 0 aliphatic carbocycles. The van der Waals surface area contributed by atoms with Crippen molar-refractivity contribution in [3.8, 4) is 0 Å². The zero-order valence-electron chi connectivity index (χ0n) is 25.5. The van der Waals surface area contributed by atoms with Gasteiger partial charge in [-0.3, -0.25) is 29.0 Å². The zero-order chi connectivity index (χ0) is 30.5. The number of benzene rings is 1. The van der Waals surface area contributed by atoms with E-state index in [1.807, 2.05) is 40.1 Å². The van der Waals surface area contributed by atoms with Crippen LogP contribution in [0.4, 0.5) is 0 Å². The maximum Gasteiger partial charge on any atom is 0.324 e. The second-order valence-corrected chi connectivity index (χ2v) is 12.3. The van der Waals surface area contributed by atoms with Crippen molar-refractivity contribution in [2.24, 2.45) is 5.41 Å². The van der Waals surface area contributed by atoms with Crippen molar-refractivity contribution in [3.05, 3.63) is 35.9 Å². The second kappa shape index (κ2) is 16.4. The predicted molar refractivity (Wildman–Crippen MR) is 155 cm³/mol.